The van der Waals surface area contributed by atoms with Gasteiger partial charge in [0.2, 0.25) is 0 Å². The Labute approximate surface area is 116 Å². The van der Waals surface area contributed by atoms with Crippen LogP contribution in [0.15, 0.2) is 12.1 Å². The van der Waals surface area contributed by atoms with Gasteiger partial charge in [0.1, 0.15) is 17.9 Å². The van der Waals surface area contributed by atoms with E-state index in [2.05, 4.69) is 5.32 Å². The lowest BCUT2D eigenvalue weighted by atomic mass is 10.0. The topological polar surface area (TPSA) is 102 Å². The molecule has 0 heterocycles. The molecule has 7 nitrogen and oxygen atoms in total. The van der Waals surface area contributed by atoms with Crippen LogP contribution in [-0.2, 0) is 4.79 Å². The number of hydrogen-bond acceptors (Lipinski definition) is 5. The smallest absolute Gasteiger partial charge is 0.327 e. The Hall–Kier alpha value is -2.15. The Balaban J connectivity index is 3.01. The standard InChI is InChI=1S/C13H18N2O5/c1-8-5-9(2)11(6-10(8)15(18)19)20-7-13(3,14-4)12(16)17/h5-6,14H,7H2,1-4H3,(H,16,17). The fourth-order valence-corrected chi connectivity index (χ4v) is 1.64. The summed E-state index contributed by atoms with van der Waals surface area (Å²) in [5.74, 6) is -0.746. The Kier molecular flexibility index (Phi) is 4.67. The van der Waals surface area contributed by atoms with Crippen LogP contribution in [0.3, 0.4) is 0 Å². The van der Waals surface area contributed by atoms with E-state index in [0.717, 1.165) is 5.56 Å². The van der Waals surface area contributed by atoms with Gasteiger partial charge in [-0.2, -0.15) is 0 Å². The Morgan fingerprint density at radius 3 is 2.50 bits per heavy atom. The molecule has 0 fully saturated rings. The van der Waals surface area contributed by atoms with E-state index in [0.29, 0.717) is 11.3 Å². The summed E-state index contributed by atoms with van der Waals surface area (Å²) in [6.07, 6.45) is 0. The molecule has 0 saturated carbocycles. The number of nitro benzene ring substituents is 1. The van der Waals surface area contributed by atoms with E-state index >= 15 is 0 Å². The number of aliphatic carboxylic acids is 1. The van der Waals surface area contributed by atoms with E-state index in [9.17, 15) is 14.9 Å². The maximum Gasteiger partial charge on any atom is 0.327 e. The first-order valence-corrected chi connectivity index (χ1v) is 6.02. The minimum Gasteiger partial charge on any atom is -0.491 e. The number of nitro groups is 1. The summed E-state index contributed by atoms with van der Waals surface area (Å²) in [4.78, 5) is 21.5. The Morgan fingerprint density at radius 1 is 1.45 bits per heavy atom. The molecule has 0 aliphatic carbocycles. The van der Waals surface area contributed by atoms with E-state index in [1.165, 1.54) is 20.0 Å². The lowest BCUT2D eigenvalue weighted by Gasteiger charge is -2.24. The highest BCUT2D eigenvalue weighted by Gasteiger charge is 2.32. The molecule has 2 N–H and O–H groups in total. The summed E-state index contributed by atoms with van der Waals surface area (Å²) in [6, 6.07) is 2.97. The number of carbonyl (C=O) groups is 1. The normalized spacial score (nSPS) is 13.6. The van der Waals surface area contributed by atoms with Crippen LogP contribution in [0.5, 0.6) is 5.75 Å². The highest BCUT2D eigenvalue weighted by atomic mass is 16.6. The molecular formula is C13H18N2O5. The van der Waals surface area contributed by atoms with E-state index < -0.39 is 16.4 Å². The van der Waals surface area contributed by atoms with Gasteiger partial charge in [0.25, 0.3) is 5.69 Å². The molecule has 1 atom stereocenters. The SMILES string of the molecule is CNC(C)(COc1cc([N+](=O)[O-])c(C)cc1C)C(=O)O. The van der Waals surface area contributed by atoms with Gasteiger partial charge in [0.05, 0.1) is 11.0 Å². The summed E-state index contributed by atoms with van der Waals surface area (Å²) in [5.41, 5.74) is -0.0509. The molecule has 20 heavy (non-hydrogen) atoms. The minimum atomic E-state index is -1.26. The van der Waals surface area contributed by atoms with Crippen molar-refractivity contribution in [3.8, 4) is 5.75 Å². The molecule has 0 radical (unpaired) electrons. The molecule has 0 bridgehead atoms. The van der Waals surface area contributed by atoms with Crippen molar-refractivity contribution in [2.24, 2.45) is 0 Å². The molecule has 0 saturated heterocycles. The van der Waals surface area contributed by atoms with Crippen LogP contribution < -0.4 is 10.1 Å². The van der Waals surface area contributed by atoms with Crippen LogP contribution >= 0.6 is 0 Å². The predicted octanol–water partition coefficient (Wildman–Crippen LogP) is 1.65. The molecule has 1 aromatic rings. The van der Waals surface area contributed by atoms with Crippen molar-refractivity contribution >= 4 is 11.7 Å². The van der Waals surface area contributed by atoms with Crippen molar-refractivity contribution in [1.82, 2.24) is 5.32 Å². The number of benzene rings is 1. The van der Waals surface area contributed by atoms with Crippen LogP contribution in [0.4, 0.5) is 5.69 Å². The van der Waals surface area contributed by atoms with Crippen molar-refractivity contribution in [3.05, 3.63) is 33.4 Å². The second-order valence-corrected chi connectivity index (χ2v) is 4.84. The zero-order chi connectivity index (χ0) is 15.5. The number of ether oxygens (including phenoxy) is 1. The molecule has 1 aromatic carbocycles. The molecule has 1 rings (SSSR count). The molecule has 7 heteroatoms. The summed E-state index contributed by atoms with van der Waals surface area (Å²) in [6.45, 7) is 4.74. The Bertz CT molecular complexity index is 544. The van der Waals surface area contributed by atoms with Crippen molar-refractivity contribution in [2.45, 2.75) is 26.3 Å². The number of aryl methyl sites for hydroxylation is 2. The van der Waals surface area contributed by atoms with Crippen LogP contribution in [0.1, 0.15) is 18.1 Å². The number of nitrogens with one attached hydrogen (secondary N) is 1. The summed E-state index contributed by atoms with van der Waals surface area (Å²) in [7, 11) is 1.52. The van der Waals surface area contributed by atoms with Crippen LogP contribution in [0, 0.1) is 24.0 Å². The van der Waals surface area contributed by atoms with Crippen LogP contribution in [0.25, 0.3) is 0 Å². The first-order chi connectivity index (χ1) is 9.21. The average molecular weight is 282 g/mol. The maximum atomic E-state index is 11.1. The third-order valence-electron chi connectivity index (χ3n) is 3.23. The van der Waals surface area contributed by atoms with Crippen molar-refractivity contribution in [1.29, 1.82) is 0 Å². The monoisotopic (exact) mass is 282 g/mol. The maximum absolute atomic E-state index is 11.1. The van der Waals surface area contributed by atoms with E-state index in [1.807, 2.05) is 0 Å². The number of carboxylic acid groups (broad SMARTS) is 1. The highest BCUT2D eigenvalue weighted by Crippen LogP contribution is 2.28. The molecular weight excluding hydrogens is 264 g/mol. The van der Waals surface area contributed by atoms with E-state index in [4.69, 9.17) is 9.84 Å². The average Bonchev–Trinajstić information content (AvgIpc) is 2.36. The van der Waals surface area contributed by atoms with Crippen LogP contribution in [-0.4, -0.2) is 35.2 Å². The second kappa shape index (κ2) is 5.87. The van der Waals surface area contributed by atoms with Gasteiger partial charge in [-0.3, -0.25) is 14.9 Å². The van der Waals surface area contributed by atoms with Crippen LogP contribution in [0.2, 0.25) is 0 Å². The molecule has 0 aliphatic rings. The third-order valence-corrected chi connectivity index (χ3v) is 3.23. The van der Waals surface area contributed by atoms with Gasteiger partial charge in [-0.25, -0.2) is 0 Å². The van der Waals surface area contributed by atoms with Crippen molar-refractivity contribution in [3.63, 3.8) is 0 Å². The lowest BCUT2D eigenvalue weighted by Crippen LogP contribution is -2.52. The number of carboxylic acids is 1. The minimum absolute atomic E-state index is 0.0490. The van der Waals surface area contributed by atoms with Crippen molar-refractivity contribution < 1.29 is 19.6 Å². The van der Waals surface area contributed by atoms with Gasteiger partial charge in [-0.05, 0) is 39.4 Å². The highest BCUT2D eigenvalue weighted by molar-refractivity contribution is 5.78. The molecule has 1 unspecified atom stereocenters. The number of rotatable bonds is 6. The number of hydrogen-bond donors (Lipinski definition) is 2. The largest absolute Gasteiger partial charge is 0.491 e. The molecule has 0 spiro atoms. The summed E-state index contributed by atoms with van der Waals surface area (Å²) < 4.78 is 5.45. The summed E-state index contributed by atoms with van der Waals surface area (Å²) in [5, 5.41) is 22.7. The second-order valence-electron chi connectivity index (χ2n) is 4.84. The fraction of sp³-hybridized carbons (Fsp3) is 0.462. The predicted molar refractivity (Wildman–Crippen MR) is 73.2 cm³/mol. The van der Waals surface area contributed by atoms with Gasteiger partial charge in [-0.1, -0.05) is 0 Å². The van der Waals surface area contributed by atoms with Gasteiger partial charge in [-0.15, -0.1) is 0 Å². The zero-order valence-corrected chi connectivity index (χ0v) is 11.9. The summed E-state index contributed by atoms with van der Waals surface area (Å²) >= 11 is 0. The third kappa shape index (κ3) is 3.24. The van der Waals surface area contributed by atoms with E-state index in [1.54, 1.807) is 19.9 Å². The van der Waals surface area contributed by atoms with Gasteiger partial charge >= 0.3 is 5.97 Å². The van der Waals surface area contributed by atoms with E-state index in [-0.39, 0.29) is 12.3 Å². The lowest BCUT2D eigenvalue weighted by molar-refractivity contribution is -0.385. The quantitative estimate of drug-likeness (QED) is 0.607. The van der Waals surface area contributed by atoms with Gasteiger partial charge in [0.15, 0.2) is 0 Å². The first-order valence-electron chi connectivity index (χ1n) is 6.02. The molecule has 0 aromatic heterocycles. The first kappa shape index (κ1) is 15.9. The molecule has 0 aliphatic heterocycles. The molecule has 0 amide bonds. The molecule has 110 valence electrons. The van der Waals surface area contributed by atoms with Crippen molar-refractivity contribution in [2.75, 3.05) is 13.7 Å². The fourth-order valence-electron chi connectivity index (χ4n) is 1.64. The number of nitrogens with zero attached hydrogens (tertiary/aromatic N) is 1. The Morgan fingerprint density at radius 2 is 2.05 bits per heavy atom. The van der Waals surface area contributed by atoms with Gasteiger partial charge < -0.3 is 15.2 Å². The zero-order valence-electron chi connectivity index (χ0n) is 11.9. The van der Waals surface area contributed by atoms with Gasteiger partial charge in [0, 0.05) is 5.56 Å². The number of likely N-dealkylation sites (N-methyl/N-ethyl adjacent to an activating group) is 1.